The summed E-state index contributed by atoms with van der Waals surface area (Å²) in [7, 11) is 1.46. The molecule has 94 valence electrons. The normalized spacial score (nSPS) is 20.2. The Labute approximate surface area is 104 Å². The van der Waals surface area contributed by atoms with Gasteiger partial charge in [-0.15, -0.1) is 0 Å². The first-order valence-electron chi connectivity index (χ1n) is 5.67. The van der Waals surface area contributed by atoms with Crippen LogP contribution in [0.1, 0.15) is 29.8 Å². The van der Waals surface area contributed by atoms with Gasteiger partial charge in [0.2, 0.25) is 0 Å². The molecule has 17 heavy (non-hydrogen) atoms. The van der Waals surface area contributed by atoms with Crippen LogP contribution in [0.2, 0.25) is 0 Å². The first-order chi connectivity index (χ1) is 8.22. The van der Waals surface area contributed by atoms with E-state index in [2.05, 4.69) is 5.10 Å². The number of hydrogen-bond donors (Lipinski definition) is 1. The van der Waals surface area contributed by atoms with Crippen molar-refractivity contribution >= 4 is 17.7 Å². The summed E-state index contributed by atoms with van der Waals surface area (Å²) in [5.41, 5.74) is 0.152. The van der Waals surface area contributed by atoms with Crippen molar-refractivity contribution in [2.24, 2.45) is 0 Å². The lowest BCUT2D eigenvalue weighted by Crippen LogP contribution is -2.21. The number of methoxy groups -OCH3 is 1. The molecular formula is C11H16N2O3S. The van der Waals surface area contributed by atoms with Crippen LogP contribution in [0.3, 0.4) is 0 Å². The highest BCUT2D eigenvalue weighted by atomic mass is 32.2. The molecule has 0 saturated carbocycles. The molecule has 5 nitrogen and oxygen atoms in total. The number of aromatic nitrogens is 2. The molecule has 1 atom stereocenters. The number of aromatic carboxylic acids is 1. The summed E-state index contributed by atoms with van der Waals surface area (Å²) in [6.07, 6.45) is 5.08. The van der Waals surface area contributed by atoms with Crippen LogP contribution >= 0.6 is 11.8 Å². The predicted octanol–water partition coefficient (Wildman–Crippen LogP) is 1.88. The van der Waals surface area contributed by atoms with Crippen molar-refractivity contribution in [3.63, 3.8) is 0 Å². The van der Waals surface area contributed by atoms with Gasteiger partial charge in [-0.3, -0.25) is 4.68 Å². The molecule has 1 aliphatic rings. The number of rotatable bonds is 4. The largest absolute Gasteiger partial charge is 0.493 e. The summed E-state index contributed by atoms with van der Waals surface area (Å²) in [5, 5.41) is 13.7. The summed E-state index contributed by atoms with van der Waals surface area (Å²) in [6, 6.07) is 0. The van der Waals surface area contributed by atoms with Crippen molar-refractivity contribution in [1.29, 1.82) is 0 Å². The molecule has 1 fully saturated rings. The molecule has 2 rings (SSSR count). The average molecular weight is 256 g/mol. The van der Waals surface area contributed by atoms with Crippen LogP contribution < -0.4 is 4.74 Å². The van der Waals surface area contributed by atoms with Gasteiger partial charge >= 0.3 is 5.97 Å². The highest BCUT2D eigenvalue weighted by molar-refractivity contribution is 7.99. The van der Waals surface area contributed by atoms with E-state index in [9.17, 15) is 4.79 Å². The summed E-state index contributed by atoms with van der Waals surface area (Å²) < 4.78 is 6.55. The van der Waals surface area contributed by atoms with Gasteiger partial charge in [-0.2, -0.15) is 16.9 Å². The van der Waals surface area contributed by atoms with Crippen LogP contribution in [0.4, 0.5) is 0 Å². The number of nitrogens with zero attached hydrogens (tertiary/aromatic N) is 2. The van der Waals surface area contributed by atoms with Crippen molar-refractivity contribution in [2.45, 2.75) is 31.1 Å². The SMILES string of the molecule is COc1cnn(CC2CCCCS2)c1C(=O)O. The fourth-order valence-electron chi connectivity index (χ4n) is 2.02. The fraction of sp³-hybridized carbons (Fsp3) is 0.636. The minimum absolute atomic E-state index is 0.152. The molecule has 1 N–H and O–H groups in total. The second-order valence-corrected chi connectivity index (χ2v) is 5.45. The minimum Gasteiger partial charge on any atom is -0.493 e. The summed E-state index contributed by atoms with van der Waals surface area (Å²) in [5.74, 6) is 0.504. The van der Waals surface area contributed by atoms with Crippen LogP contribution in [0.5, 0.6) is 5.75 Å². The Morgan fingerprint density at radius 2 is 2.53 bits per heavy atom. The van der Waals surface area contributed by atoms with E-state index in [1.807, 2.05) is 11.8 Å². The maximum atomic E-state index is 11.2. The quantitative estimate of drug-likeness (QED) is 0.891. The molecular weight excluding hydrogens is 240 g/mol. The Balaban J connectivity index is 2.14. The Hall–Kier alpha value is -1.17. The van der Waals surface area contributed by atoms with E-state index in [4.69, 9.17) is 9.84 Å². The van der Waals surface area contributed by atoms with Gasteiger partial charge in [0.05, 0.1) is 19.9 Å². The first-order valence-corrected chi connectivity index (χ1v) is 6.72. The number of carboxylic acids is 1. The molecule has 1 aliphatic heterocycles. The third kappa shape index (κ3) is 2.74. The molecule has 0 spiro atoms. The summed E-state index contributed by atoms with van der Waals surface area (Å²) >= 11 is 1.90. The molecule has 0 bridgehead atoms. The van der Waals surface area contributed by atoms with Crippen LogP contribution in [-0.4, -0.2) is 39.0 Å². The van der Waals surface area contributed by atoms with Gasteiger partial charge in [0.15, 0.2) is 11.4 Å². The van der Waals surface area contributed by atoms with Crippen molar-refractivity contribution in [3.8, 4) is 5.75 Å². The Kier molecular flexibility index (Phi) is 3.93. The number of ether oxygens (including phenoxy) is 1. The second kappa shape index (κ2) is 5.44. The molecule has 1 saturated heterocycles. The molecule has 1 aromatic rings. The third-order valence-corrected chi connectivity index (χ3v) is 4.26. The molecule has 0 radical (unpaired) electrons. The van der Waals surface area contributed by atoms with E-state index in [1.165, 1.54) is 26.1 Å². The van der Waals surface area contributed by atoms with E-state index in [0.29, 0.717) is 17.5 Å². The lowest BCUT2D eigenvalue weighted by molar-refractivity contribution is 0.0679. The van der Waals surface area contributed by atoms with Crippen LogP contribution in [0.15, 0.2) is 6.20 Å². The maximum Gasteiger partial charge on any atom is 0.358 e. The van der Waals surface area contributed by atoms with E-state index in [-0.39, 0.29) is 5.69 Å². The number of hydrogen-bond acceptors (Lipinski definition) is 4. The average Bonchev–Trinajstić information content (AvgIpc) is 2.73. The van der Waals surface area contributed by atoms with Crippen molar-refractivity contribution in [2.75, 3.05) is 12.9 Å². The second-order valence-electron chi connectivity index (χ2n) is 4.04. The van der Waals surface area contributed by atoms with E-state index >= 15 is 0 Å². The number of thioether (sulfide) groups is 1. The van der Waals surface area contributed by atoms with Crippen LogP contribution in [-0.2, 0) is 6.54 Å². The maximum absolute atomic E-state index is 11.2. The fourth-order valence-corrected chi connectivity index (χ4v) is 3.30. The van der Waals surface area contributed by atoms with Crippen LogP contribution in [0, 0.1) is 0 Å². The molecule has 1 aromatic heterocycles. The lowest BCUT2D eigenvalue weighted by atomic mass is 10.2. The van der Waals surface area contributed by atoms with Crippen molar-refractivity contribution in [3.05, 3.63) is 11.9 Å². The smallest absolute Gasteiger partial charge is 0.358 e. The summed E-state index contributed by atoms with van der Waals surface area (Å²) in [6.45, 7) is 0.648. The Bertz CT molecular complexity index is 399. The van der Waals surface area contributed by atoms with Crippen molar-refractivity contribution < 1.29 is 14.6 Å². The summed E-state index contributed by atoms with van der Waals surface area (Å²) in [4.78, 5) is 11.2. The van der Waals surface area contributed by atoms with Gasteiger partial charge in [0, 0.05) is 5.25 Å². The molecule has 1 unspecified atom stereocenters. The zero-order chi connectivity index (χ0) is 12.3. The first kappa shape index (κ1) is 12.3. The van der Waals surface area contributed by atoms with Crippen LogP contribution in [0.25, 0.3) is 0 Å². The third-order valence-electron chi connectivity index (χ3n) is 2.88. The molecule has 0 aromatic carbocycles. The van der Waals surface area contributed by atoms with Gasteiger partial charge < -0.3 is 9.84 Å². The highest BCUT2D eigenvalue weighted by Crippen LogP contribution is 2.27. The van der Waals surface area contributed by atoms with Gasteiger partial charge in [0.25, 0.3) is 0 Å². The van der Waals surface area contributed by atoms with E-state index < -0.39 is 5.97 Å². The zero-order valence-corrected chi connectivity index (χ0v) is 10.6. The molecule has 0 amide bonds. The van der Waals surface area contributed by atoms with E-state index in [1.54, 1.807) is 4.68 Å². The van der Waals surface area contributed by atoms with Crippen molar-refractivity contribution in [1.82, 2.24) is 9.78 Å². The minimum atomic E-state index is -0.986. The molecule has 0 aliphatic carbocycles. The molecule has 6 heteroatoms. The van der Waals surface area contributed by atoms with Gasteiger partial charge in [0.1, 0.15) is 0 Å². The standard InChI is InChI=1S/C11H16N2O3S/c1-16-9-6-12-13(10(9)11(14)15)7-8-4-2-3-5-17-8/h6,8H,2-5,7H2,1H3,(H,14,15). The predicted molar refractivity (Wildman–Crippen MR) is 65.8 cm³/mol. The van der Waals surface area contributed by atoms with Gasteiger partial charge in [-0.25, -0.2) is 4.79 Å². The number of carboxylic acid groups (broad SMARTS) is 1. The number of carbonyl (C=O) groups is 1. The molecule has 2 heterocycles. The topological polar surface area (TPSA) is 64.4 Å². The highest BCUT2D eigenvalue weighted by Gasteiger charge is 2.22. The lowest BCUT2D eigenvalue weighted by Gasteiger charge is -2.21. The van der Waals surface area contributed by atoms with Gasteiger partial charge in [-0.05, 0) is 18.6 Å². The Morgan fingerprint density at radius 3 is 3.12 bits per heavy atom. The zero-order valence-electron chi connectivity index (χ0n) is 9.76. The van der Waals surface area contributed by atoms with E-state index in [0.717, 1.165) is 12.2 Å². The monoisotopic (exact) mass is 256 g/mol. The van der Waals surface area contributed by atoms with Gasteiger partial charge in [-0.1, -0.05) is 6.42 Å². The Morgan fingerprint density at radius 1 is 1.71 bits per heavy atom.